The molecule has 4 aromatic rings. The molecular weight excluding hydrogens is 361 g/mol. The number of nitrogens with zero attached hydrogens (tertiary/aromatic N) is 2. The van der Waals surface area contributed by atoms with Gasteiger partial charge in [0.1, 0.15) is 17.6 Å². The molecule has 0 aliphatic rings. The summed E-state index contributed by atoms with van der Waals surface area (Å²) < 4.78 is 14.1. The summed E-state index contributed by atoms with van der Waals surface area (Å²) in [5.74, 6) is -1.54. The Morgan fingerprint density at radius 3 is 2.75 bits per heavy atom. The zero-order chi connectivity index (χ0) is 19.8. The largest absolute Gasteiger partial charge is 0.477 e. The van der Waals surface area contributed by atoms with Gasteiger partial charge in [0.05, 0.1) is 11.4 Å². The lowest BCUT2D eigenvalue weighted by Crippen LogP contribution is -2.08. The molecule has 28 heavy (non-hydrogen) atoms. The minimum absolute atomic E-state index is 0.165. The zero-order valence-electron chi connectivity index (χ0n) is 14.8. The molecular formula is C21H16FN3O3. The highest BCUT2D eigenvalue weighted by atomic mass is 19.1. The van der Waals surface area contributed by atoms with Gasteiger partial charge in [-0.15, -0.1) is 0 Å². The van der Waals surface area contributed by atoms with Gasteiger partial charge in [0.2, 0.25) is 0 Å². The number of aliphatic hydroxyl groups excluding tert-OH is 1. The summed E-state index contributed by atoms with van der Waals surface area (Å²) in [6.07, 6.45) is 2.04. The van der Waals surface area contributed by atoms with Crippen LogP contribution < -0.4 is 0 Å². The van der Waals surface area contributed by atoms with Crippen molar-refractivity contribution in [2.45, 2.75) is 13.0 Å². The van der Waals surface area contributed by atoms with Crippen molar-refractivity contribution in [1.82, 2.24) is 15.0 Å². The maximum atomic E-state index is 14.1. The van der Waals surface area contributed by atoms with Crippen LogP contribution in [0.25, 0.3) is 22.2 Å². The molecule has 3 heterocycles. The smallest absolute Gasteiger partial charge is 0.354 e. The van der Waals surface area contributed by atoms with E-state index in [0.717, 1.165) is 0 Å². The van der Waals surface area contributed by atoms with Crippen LogP contribution in [0, 0.1) is 12.7 Å². The van der Waals surface area contributed by atoms with E-state index in [1.54, 1.807) is 37.5 Å². The molecule has 3 aromatic heterocycles. The van der Waals surface area contributed by atoms with Crippen LogP contribution in [0.5, 0.6) is 0 Å². The number of aromatic carboxylic acids is 1. The number of hydrogen-bond acceptors (Lipinski definition) is 4. The van der Waals surface area contributed by atoms with Gasteiger partial charge in [-0.2, -0.15) is 0 Å². The summed E-state index contributed by atoms with van der Waals surface area (Å²) in [4.78, 5) is 22.6. The molecule has 3 N–H and O–H groups in total. The Morgan fingerprint density at radius 1 is 1.21 bits per heavy atom. The lowest BCUT2D eigenvalue weighted by atomic mass is 9.98. The Bertz CT molecular complexity index is 1190. The van der Waals surface area contributed by atoms with E-state index >= 15 is 0 Å². The molecule has 0 aliphatic carbocycles. The number of hydrogen-bond donors (Lipinski definition) is 3. The molecule has 140 valence electrons. The number of halogens is 1. The second kappa shape index (κ2) is 6.86. The fourth-order valence-electron chi connectivity index (χ4n) is 3.24. The standard InChI is InChI=1S/C21H16FN3O3/c1-11-8-13-17(9-14(11)22)25-19(12-4-3-7-23-10-12)18(13)20(26)15-5-2-6-16(24-15)21(27)28/h2-10,20,25-26H,1H3,(H,27,28). The summed E-state index contributed by atoms with van der Waals surface area (Å²) in [6, 6.07) is 11.0. The molecule has 7 heteroatoms. The van der Waals surface area contributed by atoms with E-state index in [0.29, 0.717) is 33.3 Å². The topological polar surface area (TPSA) is 99.1 Å². The second-order valence-electron chi connectivity index (χ2n) is 6.46. The second-order valence-corrected chi connectivity index (χ2v) is 6.46. The maximum Gasteiger partial charge on any atom is 0.354 e. The highest BCUT2D eigenvalue weighted by Gasteiger charge is 2.24. The highest BCUT2D eigenvalue weighted by molar-refractivity contribution is 5.92. The first-order valence-electron chi connectivity index (χ1n) is 8.56. The molecule has 1 atom stereocenters. The molecule has 0 saturated heterocycles. The molecule has 6 nitrogen and oxygen atoms in total. The number of benzene rings is 1. The number of nitrogens with one attached hydrogen (secondary N) is 1. The third-order valence-electron chi connectivity index (χ3n) is 4.61. The number of H-pyrrole nitrogens is 1. The van der Waals surface area contributed by atoms with Gasteiger partial charge in [-0.1, -0.05) is 6.07 Å². The Hall–Kier alpha value is -3.58. The first-order chi connectivity index (χ1) is 13.5. The van der Waals surface area contributed by atoms with Gasteiger partial charge in [-0.25, -0.2) is 14.2 Å². The minimum atomic E-state index is -1.21. The number of pyridine rings is 2. The number of carbonyl (C=O) groups is 1. The lowest BCUT2D eigenvalue weighted by molar-refractivity contribution is 0.0689. The lowest BCUT2D eigenvalue weighted by Gasteiger charge is -2.13. The minimum Gasteiger partial charge on any atom is -0.477 e. The monoisotopic (exact) mass is 377 g/mol. The van der Waals surface area contributed by atoms with Crippen LogP contribution in [0.3, 0.4) is 0 Å². The van der Waals surface area contributed by atoms with Crippen molar-refractivity contribution in [3.63, 3.8) is 0 Å². The first-order valence-corrected chi connectivity index (χ1v) is 8.56. The Morgan fingerprint density at radius 2 is 2.04 bits per heavy atom. The summed E-state index contributed by atoms with van der Waals surface area (Å²) in [5, 5.41) is 20.9. The van der Waals surface area contributed by atoms with Gasteiger partial charge in [0.15, 0.2) is 0 Å². The quantitative estimate of drug-likeness (QED) is 0.502. The van der Waals surface area contributed by atoms with Gasteiger partial charge < -0.3 is 15.2 Å². The van der Waals surface area contributed by atoms with E-state index in [-0.39, 0.29) is 17.2 Å². The molecule has 0 bridgehead atoms. The van der Waals surface area contributed by atoms with Crippen molar-refractivity contribution in [1.29, 1.82) is 0 Å². The number of aryl methyl sites for hydroxylation is 1. The number of aromatic nitrogens is 3. The zero-order valence-corrected chi connectivity index (χ0v) is 14.8. The van der Waals surface area contributed by atoms with Crippen molar-refractivity contribution >= 4 is 16.9 Å². The van der Waals surface area contributed by atoms with Gasteiger partial charge in [0, 0.05) is 34.4 Å². The number of aromatic amines is 1. The number of carboxylic acids is 1. The summed E-state index contributed by atoms with van der Waals surface area (Å²) in [5.41, 5.74) is 2.74. The van der Waals surface area contributed by atoms with Crippen LogP contribution >= 0.6 is 0 Å². The third kappa shape index (κ3) is 3.01. The Balaban J connectivity index is 1.97. The molecule has 0 aliphatic heterocycles. The SMILES string of the molecule is Cc1cc2c(C(O)c3cccc(C(=O)O)n3)c(-c3cccnc3)[nH]c2cc1F. The van der Waals surface area contributed by atoms with Gasteiger partial charge in [-0.05, 0) is 48.9 Å². The number of rotatable bonds is 4. The van der Waals surface area contributed by atoms with Crippen molar-refractivity contribution in [3.05, 3.63) is 83.2 Å². The van der Waals surface area contributed by atoms with Crippen LogP contribution in [0.1, 0.15) is 33.4 Å². The molecule has 0 saturated carbocycles. The highest BCUT2D eigenvalue weighted by Crippen LogP contribution is 2.37. The van der Waals surface area contributed by atoms with E-state index in [2.05, 4.69) is 15.0 Å². The van der Waals surface area contributed by atoms with Crippen LogP contribution in [-0.2, 0) is 0 Å². The Labute approximate surface area is 159 Å². The first kappa shape index (κ1) is 17.8. The van der Waals surface area contributed by atoms with E-state index in [4.69, 9.17) is 0 Å². The van der Waals surface area contributed by atoms with Crippen LogP contribution in [0.15, 0.2) is 54.9 Å². The molecule has 1 unspecified atom stereocenters. The normalized spacial score (nSPS) is 12.2. The van der Waals surface area contributed by atoms with E-state index < -0.39 is 12.1 Å². The third-order valence-corrected chi connectivity index (χ3v) is 4.61. The van der Waals surface area contributed by atoms with Gasteiger partial charge >= 0.3 is 5.97 Å². The molecule has 4 rings (SSSR count). The average molecular weight is 377 g/mol. The number of fused-ring (bicyclic) bond motifs is 1. The Kier molecular flexibility index (Phi) is 4.37. The summed E-state index contributed by atoms with van der Waals surface area (Å²) >= 11 is 0. The predicted molar refractivity (Wildman–Crippen MR) is 101 cm³/mol. The van der Waals surface area contributed by atoms with Crippen LogP contribution in [0.2, 0.25) is 0 Å². The van der Waals surface area contributed by atoms with Crippen LogP contribution in [0.4, 0.5) is 4.39 Å². The number of carboxylic acid groups (broad SMARTS) is 1. The van der Waals surface area contributed by atoms with Gasteiger partial charge in [0.25, 0.3) is 0 Å². The fraction of sp³-hybridized carbons (Fsp3) is 0.0952. The van der Waals surface area contributed by atoms with Crippen molar-refractivity contribution in [2.24, 2.45) is 0 Å². The molecule has 0 amide bonds. The van der Waals surface area contributed by atoms with E-state index in [9.17, 15) is 19.4 Å². The van der Waals surface area contributed by atoms with Crippen LogP contribution in [-0.4, -0.2) is 31.1 Å². The summed E-state index contributed by atoms with van der Waals surface area (Å²) in [6.45, 7) is 1.64. The average Bonchev–Trinajstić information content (AvgIpc) is 3.06. The van der Waals surface area contributed by atoms with Crippen molar-refractivity contribution in [2.75, 3.05) is 0 Å². The van der Waals surface area contributed by atoms with E-state index in [1.165, 1.54) is 18.2 Å². The predicted octanol–water partition coefficient (Wildman–Crippen LogP) is 3.85. The van der Waals surface area contributed by atoms with E-state index in [1.807, 2.05) is 6.07 Å². The van der Waals surface area contributed by atoms with Crippen molar-refractivity contribution < 1.29 is 19.4 Å². The van der Waals surface area contributed by atoms with Crippen molar-refractivity contribution in [3.8, 4) is 11.3 Å². The maximum absolute atomic E-state index is 14.1. The molecule has 0 spiro atoms. The van der Waals surface area contributed by atoms with Gasteiger partial charge in [-0.3, -0.25) is 4.98 Å². The summed E-state index contributed by atoms with van der Waals surface area (Å²) in [7, 11) is 0. The molecule has 0 fully saturated rings. The number of aliphatic hydroxyl groups is 1. The fourth-order valence-corrected chi connectivity index (χ4v) is 3.24. The molecule has 1 aromatic carbocycles. The molecule has 0 radical (unpaired) electrons.